The molecule has 0 radical (unpaired) electrons. The number of hydrogen-bond acceptors (Lipinski definition) is 3. The van der Waals surface area contributed by atoms with Crippen molar-refractivity contribution in [3.05, 3.63) is 28.2 Å². The SMILES string of the molecule is Cc1cc(OCC2CN(C(C)C)CCO2)ccc1Br. The third kappa shape index (κ3) is 4.20. The van der Waals surface area contributed by atoms with Crippen LogP contribution in [-0.2, 0) is 4.74 Å². The van der Waals surface area contributed by atoms with Gasteiger partial charge >= 0.3 is 0 Å². The minimum Gasteiger partial charge on any atom is -0.491 e. The van der Waals surface area contributed by atoms with Crippen LogP contribution in [0.4, 0.5) is 0 Å². The fourth-order valence-corrected chi connectivity index (χ4v) is 2.45. The minimum absolute atomic E-state index is 0.167. The summed E-state index contributed by atoms with van der Waals surface area (Å²) in [7, 11) is 0. The number of morpholine rings is 1. The molecular formula is C15H22BrNO2. The first-order valence-electron chi connectivity index (χ1n) is 6.81. The van der Waals surface area contributed by atoms with Crippen molar-refractivity contribution in [2.75, 3.05) is 26.3 Å². The summed E-state index contributed by atoms with van der Waals surface area (Å²) in [5.74, 6) is 0.908. The summed E-state index contributed by atoms with van der Waals surface area (Å²) in [6.07, 6.45) is 0.167. The Hall–Kier alpha value is -0.580. The fourth-order valence-electron chi connectivity index (χ4n) is 2.21. The molecule has 3 nitrogen and oxygen atoms in total. The topological polar surface area (TPSA) is 21.7 Å². The van der Waals surface area contributed by atoms with Crippen LogP contribution in [0.5, 0.6) is 5.75 Å². The predicted octanol–water partition coefficient (Wildman–Crippen LogP) is 3.25. The summed E-state index contributed by atoms with van der Waals surface area (Å²) in [6.45, 7) is 9.89. The maximum atomic E-state index is 5.84. The van der Waals surface area contributed by atoms with Crippen molar-refractivity contribution in [2.45, 2.75) is 32.9 Å². The van der Waals surface area contributed by atoms with Crippen LogP contribution in [0.15, 0.2) is 22.7 Å². The van der Waals surface area contributed by atoms with E-state index < -0.39 is 0 Å². The van der Waals surface area contributed by atoms with Gasteiger partial charge in [-0.05, 0) is 44.5 Å². The highest BCUT2D eigenvalue weighted by Crippen LogP contribution is 2.22. The van der Waals surface area contributed by atoms with Crippen LogP contribution in [0, 0.1) is 6.92 Å². The van der Waals surface area contributed by atoms with Gasteiger partial charge in [-0.25, -0.2) is 0 Å². The Bertz CT molecular complexity index is 423. The zero-order valence-electron chi connectivity index (χ0n) is 11.9. The van der Waals surface area contributed by atoms with Crippen LogP contribution < -0.4 is 4.74 Å². The second-order valence-electron chi connectivity index (χ2n) is 5.30. The standard InChI is InChI=1S/C15H22BrNO2/c1-11(2)17-6-7-18-14(9-17)10-19-13-4-5-15(16)12(3)8-13/h4-5,8,11,14H,6-7,9-10H2,1-3H3. The summed E-state index contributed by atoms with van der Waals surface area (Å²) >= 11 is 3.49. The number of nitrogens with zero attached hydrogens (tertiary/aromatic N) is 1. The lowest BCUT2D eigenvalue weighted by molar-refractivity contribution is -0.0564. The second kappa shape index (κ2) is 6.73. The molecular weight excluding hydrogens is 306 g/mol. The molecule has 1 aromatic carbocycles. The van der Waals surface area contributed by atoms with E-state index in [1.807, 2.05) is 18.2 Å². The van der Waals surface area contributed by atoms with Crippen molar-refractivity contribution < 1.29 is 9.47 Å². The number of halogens is 1. The lowest BCUT2D eigenvalue weighted by atomic mass is 10.2. The van der Waals surface area contributed by atoms with Gasteiger partial charge in [0.05, 0.1) is 6.61 Å². The molecule has 0 spiro atoms. The van der Waals surface area contributed by atoms with Crippen LogP contribution in [-0.4, -0.2) is 43.3 Å². The normalized spacial score (nSPS) is 20.8. The third-order valence-corrected chi connectivity index (χ3v) is 4.36. The van der Waals surface area contributed by atoms with E-state index in [2.05, 4.69) is 41.6 Å². The summed E-state index contributed by atoms with van der Waals surface area (Å²) < 4.78 is 12.7. The number of ether oxygens (including phenoxy) is 2. The summed E-state index contributed by atoms with van der Waals surface area (Å²) in [5, 5.41) is 0. The van der Waals surface area contributed by atoms with Crippen LogP contribution in [0.2, 0.25) is 0 Å². The van der Waals surface area contributed by atoms with Crippen molar-refractivity contribution in [1.29, 1.82) is 0 Å². The van der Waals surface area contributed by atoms with Gasteiger partial charge in [0.25, 0.3) is 0 Å². The highest BCUT2D eigenvalue weighted by atomic mass is 79.9. The Morgan fingerprint density at radius 1 is 1.47 bits per heavy atom. The lowest BCUT2D eigenvalue weighted by Crippen LogP contribution is -2.47. The number of hydrogen-bond donors (Lipinski definition) is 0. The summed E-state index contributed by atoms with van der Waals surface area (Å²) in [4.78, 5) is 2.43. The van der Waals surface area contributed by atoms with E-state index in [1.165, 1.54) is 5.56 Å². The van der Waals surface area contributed by atoms with Crippen LogP contribution in [0.1, 0.15) is 19.4 Å². The second-order valence-corrected chi connectivity index (χ2v) is 6.16. The molecule has 1 fully saturated rings. The van der Waals surface area contributed by atoms with E-state index in [0.29, 0.717) is 12.6 Å². The Labute approximate surface area is 124 Å². The van der Waals surface area contributed by atoms with Crippen molar-refractivity contribution in [3.8, 4) is 5.75 Å². The number of rotatable bonds is 4. The summed E-state index contributed by atoms with van der Waals surface area (Å²) in [5.41, 5.74) is 1.19. The first-order chi connectivity index (χ1) is 9.06. The zero-order valence-corrected chi connectivity index (χ0v) is 13.4. The first kappa shape index (κ1) is 14.8. The molecule has 19 heavy (non-hydrogen) atoms. The van der Waals surface area contributed by atoms with Gasteiger partial charge in [-0.1, -0.05) is 15.9 Å². The quantitative estimate of drug-likeness (QED) is 0.847. The predicted molar refractivity (Wildman–Crippen MR) is 80.8 cm³/mol. The molecule has 0 aromatic heterocycles. The molecule has 2 rings (SSSR count). The van der Waals surface area contributed by atoms with Crippen LogP contribution in [0.25, 0.3) is 0 Å². The van der Waals surface area contributed by atoms with Crippen molar-refractivity contribution >= 4 is 15.9 Å². The molecule has 1 aliphatic heterocycles. The lowest BCUT2D eigenvalue weighted by Gasteiger charge is -2.35. The van der Waals surface area contributed by atoms with E-state index >= 15 is 0 Å². The maximum Gasteiger partial charge on any atom is 0.119 e. The molecule has 1 aliphatic rings. The molecule has 0 saturated carbocycles. The van der Waals surface area contributed by atoms with E-state index in [-0.39, 0.29) is 6.10 Å². The first-order valence-corrected chi connectivity index (χ1v) is 7.60. The van der Waals surface area contributed by atoms with E-state index in [9.17, 15) is 0 Å². The van der Waals surface area contributed by atoms with Gasteiger partial charge < -0.3 is 9.47 Å². The molecule has 1 saturated heterocycles. The van der Waals surface area contributed by atoms with Gasteiger partial charge in [0.1, 0.15) is 18.5 Å². The largest absolute Gasteiger partial charge is 0.491 e. The van der Waals surface area contributed by atoms with Gasteiger partial charge in [0.2, 0.25) is 0 Å². The average molecular weight is 328 g/mol. The van der Waals surface area contributed by atoms with Crippen LogP contribution >= 0.6 is 15.9 Å². The Morgan fingerprint density at radius 3 is 2.95 bits per heavy atom. The van der Waals surface area contributed by atoms with Gasteiger partial charge in [-0.15, -0.1) is 0 Å². The zero-order chi connectivity index (χ0) is 13.8. The molecule has 0 N–H and O–H groups in total. The van der Waals surface area contributed by atoms with Crippen molar-refractivity contribution in [1.82, 2.24) is 4.90 Å². The highest BCUT2D eigenvalue weighted by molar-refractivity contribution is 9.10. The van der Waals surface area contributed by atoms with E-state index in [0.717, 1.165) is 29.9 Å². The van der Waals surface area contributed by atoms with E-state index in [1.54, 1.807) is 0 Å². The number of aryl methyl sites for hydroxylation is 1. The van der Waals surface area contributed by atoms with Crippen LogP contribution in [0.3, 0.4) is 0 Å². The average Bonchev–Trinajstić information content (AvgIpc) is 2.40. The van der Waals surface area contributed by atoms with Gasteiger partial charge in [-0.3, -0.25) is 4.90 Å². The Balaban J connectivity index is 1.86. The summed E-state index contributed by atoms with van der Waals surface area (Å²) in [6, 6.07) is 6.63. The van der Waals surface area contributed by atoms with Crippen molar-refractivity contribution in [2.24, 2.45) is 0 Å². The third-order valence-electron chi connectivity index (χ3n) is 3.47. The molecule has 4 heteroatoms. The van der Waals surface area contributed by atoms with Gasteiger partial charge in [0, 0.05) is 23.6 Å². The molecule has 1 heterocycles. The minimum atomic E-state index is 0.167. The van der Waals surface area contributed by atoms with Gasteiger partial charge in [0.15, 0.2) is 0 Å². The molecule has 0 amide bonds. The molecule has 1 atom stereocenters. The molecule has 106 valence electrons. The Morgan fingerprint density at radius 2 is 2.26 bits per heavy atom. The molecule has 1 aromatic rings. The molecule has 0 bridgehead atoms. The number of benzene rings is 1. The van der Waals surface area contributed by atoms with Crippen molar-refractivity contribution in [3.63, 3.8) is 0 Å². The van der Waals surface area contributed by atoms with E-state index in [4.69, 9.17) is 9.47 Å². The smallest absolute Gasteiger partial charge is 0.119 e. The molecule has 0 aliphatic carbocycles. The molecule has 1 unspecified atom stereocenters. The highest BCUT2D eigenvalue weighted by Gasteiger charge is 2.22. The Kier molecular flexibility index (Phi) is 5.25. The monoisotopic (exact) mass is 327 g/mol. The maximum absolute atomic E-state index is 5.84. The fraction of sp³-hybridized carbons (Fsp3) is 0.600. The van der Waals surface area contributed by atoms with Gasteiger partial charge in [-0.2, -0.15) is 0 Å².